The lowest BCUT2D eigenvalue weighted by molar-refractivity contribution is -0.296. The Labute approximate surface area is 260 Å². The molecule has 244 valence electrons. The lowest BCUT2D eigenvalue weighted by atomic mass is 9.44. The van der Waals surface area contributed by atoms with E-state index in [1.807, 2.05) is 13.8 Å². The first-order valence-corrected chi connectivity index (χ1v) is 15.5. The molecular weight excluding hydrogens is 588 g/mol. The highest BCUT2D eigenvalue weighted by Crippen LogP contribution is 2.72. The molecule has 0 aromatic carbocycles. The Kier molecular flexibility index (Phi) is 7.35. The summed E-state index contributed by atoms with van der Waals surface area (Å²) in [5, 5.41) is 10.9. The molecule has 2 aliphatic carbocycles. The third-order valence-electron chi connectivity index (χ3n) is 11.9. The number of carbonyl (C=O) groups is 5. The van der Waals surface area contributed by atoms with Crippen LogP contribution in [0.5, 0.6) is 0 Å². The SMILES string of the molecule is C=C1[C@@H]2[C@@H](OC=O)[C@H](OC(=O)C(O)C(C)CC)[C@@]3(C)[C@H](c4ccoc4)CC(=O)[C@]13O[C@@H]1CC(=O)O[C@]3(C)COC(=O)C[C@@H]3[C@@]21C. The molecule has 5 aliphatic rings. The maximum absolute atomic E-state index is 14.5. The van der Waals surface area contributed by atoms with E-state index in [-0.39, 0.29) is 38.1 Å². The maximum atomic E-state index is 14.5. The van der Waals surface area contributed by atoms with E-state index < -0.39 is 88.0 Å². The number of rotatable bonds is 7. The Morgan fingerprint density at radius 2 is 1.91 bits per heavy atom. The zero-order valence-corrected chi connectivity index (χ0v) is 26.1. The van der Waals surface area contributed by atoms with Gasteiger partial charge in [0.15, 0.2) is 17.5 Å². The highest BCUT2D eigenvalue weighted by molar-refractivity contribution is 5.97. The number of aliphatic hydroxyl groups is 1. The van der Waals surface area contributed by atoms with Crippen molar-refractivity contribution in [3.63, 3.8) is 0 Å². The first kappa shape index (κ1) is 31.5. The van der Waals surface area contributed by atoms with Crippen molar-refractivity contribution in [2.45, 2.75) is 102 Å². The molecule has 2 bridgehead atoms. The molecule has 1 N–H and O–H groups in total. The van der Waals surface area contributed by atoms with Crippen LogP contribution in [0.3, 0.4) is 0 Å². The van der Waals surface area contributed by atoms with Crippen LogP contribution in [-0.2, 0) is 47.7 Å². The van der Waals surface area contributed by atoms with E-state index in [0.717, 1.165) is 0 Å². The van der Waals surface area contributed by atoms with Gasteiger partial charge in [0.2, 0.25) is 0 Å². The summed E-state index contributed by atoms with van der Waals surface area (Å²) in [6.07, 6.45) is -2.06. The Hall–Kier alpha value is -3.51. The average Bonchev–Trinajstić information content (AvgIpc) is 3.58. The number of hydrogen-bond acceptors (Lipinski definition) is 12. The molecule has 12 atom stereocenters. The molecule has 12 heteroatoms. The largest absolute Gasteiger partial charge is 0.472 e. The van der Waals surface area contributed by atoms with Crippen molar-refractivity contribution in [1.82, 2.24) is 0 Å². The highest BCUT2D eigenvalue weighted by Gasteiger charge is 2.82. The van der Waals surface area contributed by atoms with Gasteiger partial charge < -0.3 is 33.2 Å². The fraction of sp³-hybridized carbons (Fsp3) is 0.667. The van der Waals surface area contributed by atoms with Gasteiger partial charge in [-0.05, 0) is 30.0 Å². The topological polar surface area (TPSA) is 165 Å². The second-order valence-electron chi connectivity index (χ2n) is 14.0. The first-order chi connectivity index (χ1) is 21.2. The van der Waals surface area contributed by atoms with Crippen molar-refractivity contribution in [2.75, 3.05) is 6.61 Å². The van der Waals surface area contributed by atoms with Crippen molar-refractivity contribution < 1.29 is 57.2 Å². The molecule has 2 saturated carbocycles. The van der Waals surface area contributed by atoms with Crippen molar-refractivity contribution in [3.05, 3.63) is 36.3 Å². The predicted molar refractivity (Wildman–Crippen MR) is 152 cm³/mol. The summed E-state index contributed by atoms with van der Waals surface area (Å²) < 4.78 is 35.7. The Balaban J connectivity index is 1.60. The number of furan rings is 1. The second kappa shape index (κ2) is 10.5. The number of cyclic esters (lactones) is 1. The molecular formula is C33H40O12. The van der Waals surface area contributed by atoms with Gasteiger partial charge >= 0.3 is 17.9 Å². The second-order valence-corrected chi connectivity index (χ2v) is 14.0. The standard InChI is InChI=1S/C33H40O12/c1-7-16(2)26(38)29(39)43-28-27(42-15-34)25-17(3)33(21(35)10-19(32(28,33)6)18-8-9-40-13-18)44-22-12-24(37)45-30(4)14-41-23(36)11-20(30)31(22,25)5/h8-9,13,15-16,19-20,22,25-28,38H,3,7,10-12,14H2,1-2,4-6H3/t16?,19-,20-,22+,25+,26?,27+,28-,30+,31+,32+,33+/m0/s1. The monoisotopic (exact) mass is 628 g/mol. The molecule has 12 nitrogen and oxygen atoms in total. The Morgan fingerprint density at radius 1 is 1.18 bits per heavy atom. The highest BCUT2D eigenvalue weighted by atomic mass is 16.6. The van der Waals surface area contributed by atoms with E-state index in [1.165, 1.54) is 12.5 Å². The van der Waals surface area contributed by atoms with Crippen LogP contribution in [0.1, 0.15) is 71.8 Å². The molecule has 3 aliphatic heterocycles. The molecule has 3 saturated heterocycles. The van der Waals surface area contributed by atoms with Crippen LogP contribution in [0.25, 0.3) is 0 Å². The number of carbonyl (C=O) groups excluding carboxylic acids is 5. The third-order valence-corrected chi connectivity index (χ3v) is 11.9. The van der Waals surface area contributed by atoms with Crippen molar-refractivity contribution in [2.24, 2.45) is 28.6 Å². The molecule has 1 spiro atoms. The quantitative estimate of drug-likeness (QED) is 0.203. The number of ether oxygens (including phenoxy) is 5. The minimum atomic E-state index is -1.80. The summed E-state index contributed by atoms with van der Waals surface area (Å²) in [5.41, 5.74) is -4.78. The molecule has 5 fully saturated rings. The van der Waals surface area contributed by atoms with Gasteiger partial charge in [-0.2, -0.15) is 0 Å². The molecule has 0 amide bonds. The van der Waals surface area contributed by atoms with E-state index in [9.17, 15) is 29.1 Å². The van der Waals surface area contributed by atoms with Crippen LogP contribution >= 0.6 is 0 Å². The van der Waals surface area contributed by atoms with Gasteiger partial charge in [0.05, 0.1) is 36.9 Å². The summed E-state index contributed by atoms with van der Waals surface area (Å²) in [6, 6.07) is 1.70. The Morgan fingerprint density at radius 3 is 2.56 bits per heavy atom. The van der Waals surface area contributed by atoms with Crippen LogP contribution in [-0.4, -0.2) is 77.5 Å². The maximum Gasteiger partial charge on any atom is 0.335 e. The molecule has 2 unspecified atom stereocenters. The van der Waals surface area contributed by atoms with Gasteiger partial charge in [0, 0.05) is 29.6 Å². The summed E-state index contributed by atoms with van der Waals surface area (Å²) in [4.78, 5) is 66.6. The summed E-state index contributed by atoms with van der Waals surface area (Å²) in [7, 11) is 0. The predicted octanol–water partition coefficient (Wildman–Crippen LogP) is 2.80. The average molecular weight is 629 g/mol. The first-order valence-electron chi connectivity index (χ1n) is 15.5. The van der Waals surface area contributed by atoms with Crippen molar-refractivity contribution in [1.29, 1.82) is 0 Å². The van der Waals surface area contributed by atoms with Gasteiger partial charge in [-0.3, -0.25) is 19.2 Å². The van der Waals surface area contributed by atoms with Gasteiger partial charge in [-0.25, -0.2) is 4.79 Å². The van der Waals surface area contributed by atoms with Gasteiger partial charge in [-0.1, -0.05) is 40.7 Å². The lowest BCUT2D eigenvalue weighted by Crippen LogP contribution is -2.77. The van der Waals surface area contributed by atoms with Gasteiger partial charge in [-0.15, -0.1) is 0 Å². The number of hydrogen-bond donors (Lipinski definition) is 1. The zero-order valence-electron chi connectivity index (χ0n) is 26.1. The molecule has 1 aromatic rings. The fourth-order valence-electron chi connectivity index (χ4n) is 9.37. The molecule has 45 heavy (non-hydrogen) atoms. The molecule has 4 heterocycles. The van der Waals surface area contributed by atoms with E-state index in [4.69, 9.17) is 28.1 Å². The van der Waals surface area contributed by atoms with Crippen LogP contribution < -0.4 is 0 Å². The van der Waals surface area contributed by atoms with Crippen molar-refractivity contribution >= 4 is 30.2 Å². The van der Waals surface area contributed by atoms with Crippen LogP contribution in [0.2, 0.25) is 0 Å². The molecule has 6 rings (SSSR count). The van der Waals surface area contributed by atoms with Gasteiger partial charge in [0.25, 0.3) is 6.47 Å². The van der Waals surface area contributed by atoms with E-state index in [1.54, 1.807) is 26.8 Å². The minimum Gasteiger partial charge on any atom is -0.472 e. The van der Waals surface area contributed by atoms with Crippen molar-refractivity contribution in [3.8, 4) is 0 Å². The molecule has 0 radical (unpaired) electrons. The van der Waals surface area contributed by atoms with E-state index in [2.05, 4.69) is 6.58 Å². The van der Waals surface area contributed by atoms with Crippen LogP contribution in [0, 0.1) is 28.6 Å². The van der Waals surface area contributed by atoms with E-state index >= 15 is 0 Å². The van der Waals surface area contributed by atoms with Crippen LogP contribution in [0.4, 0.5) is 0 Å². The third kappa shape index (κ3) is 4.06. The summed E-state index contributed by atoms with van der Waals surface area (Å²) in [6.45, 7) is 13.2. The smallest absolute Gasteiger partial charge is 0.335 e. The summed E-state index contributed by atoms with van der Waals surface area (Å²) in [5.74, 6) is -5.15. The molecule has 1 aromatic heterocycles. The number of Topliss-reactive ketones (excluding diaryl/α,β-unsaturated/α-hetero) is 1. The number of fused-ring (bicyclic) bond motifs is 5. The van der Waals surface area contributed by atoms with E-state index in [0.29, 0.717) is 17.6 Å². The zero-order chi connectivity index (χ0) is 32.7. The lowest BCUT2D eigenvalue weighted by Gasteiger charge is -2.67. The number of aliphatic hydroxyl groups excluding tert-OH is 1. The fourth-order valence-corrected chi connectivity index (χ4v) is 9.37. The number of ketones is 1. The summed E-state index contributed by atoms with van der Waals surface area (Å²) >= 11 is 0. The minimum absolute atomic E-state index is 0.0566. The van der Waals surface area contributed by atoms with Gasteiger partial charge in [0.1, 0.15) is 24.4 Å². The normalized spacial score (nSPS) is 43.4. The van der Waals surface area contributed by atoms with Crippen LogP contribution in [0.15, 0.2) is 35.2 Å². The number of esters is 3. The Bertz CT molecular complexity index is 1430.